The van der Waals surface area contributed by atoms with Gasteiger partial charge in [-0.05, 0) is 24.3 Å². The molecule has 24 heavy (non-hydrogen) atoms. The molecule has 0 aliphatic heterocycles. The van der Waals surface area contributed by atoms with Crippen molar-refractivity contribution in [2.24, 2.45) is 7.05 Å². The van der Waals surface area contributed by atoms with E-state index < -0.39 is 0 Å². The van der Waals surface area contributed by atoms with Crippen LogP contribution < -0.4 is 14.8 Å². The Labute approximate surface area is 151 Å². The molecule has 0 fully saturated rings. The molecule has 0 radical (unpaired) electrons. The van der Waals surface area contributed by atoms with E-state index in [9.17, 15) is 4.79 Å². The van der Waals surface area contributed by atoms with Crippen LogP contribution in [-0.4, -0.2) is 4.57 Å². The van der Waals surface area contributed by atoms with Gasteiger partial charge in [0.25, 0.3) is 5.56 Å². The summed E-state index contributed by atoms with van der Waals surface area (Å²) in [6.07, 6.45) is 2.98. The van der Waals surface area contributed by atoms with Crippen molar-refractivity contribution < 1.29 is 4.42 Å². The number of hydrogen-bond acceptors (Lipinski definition) is 4. The van der Waals surface area contributed by atoms with Crippen molar-refractivity contribution in [1.82, 2.24) is 4.57 Å². The number of nitrogens with zero attached hydrogens (tertiary/aromatic N) is 2. The second-order valence-corrected chi connectivity index (χ2v) is 6.74. The van der Waals surface area contributed by atoms with E-state index in [0.717, 1.165) is 0 Å². The first-order chi connectivity index (χ1) is 11.5. The van der Waals surface area contributed by atoms with Crippen LogP contribution in [0.25, 0.3) is 23.5 Å². The van der Waals surface area contributed by atoms with Crippen LogP contribution in [0.5, 0.6) is 0 Å². The Kier molecular flexibility index (Phi) is 4.63. The van der Waals surface area contributed by atoms with Crippen LogP contribution in [0.3, 0.4) is 0 Å². The predicted octanol–water partition coefficient (Wildman–Crippen LogP) is 3.15. The van der Waals surface area contributed by atoms with Crippen LogP contribution in [0.15, 0.2) is 39.5 Å². The van der Waals surface area contributed by atoms with Crippen LogP contribution in [0.4, 0.5) is 0 Å². The first kappa shape index (κ1) is 16.6. The zero-order valence-corrected chi connectivity index (χ0v) is 14.7. The molecular weight excluding hydrogens is 367 g/mol. The molecule has 7 heteroatoms. The number of nitriles is 1. The first-order valence-electron chi connectivity index (χ1n) is 6.83. The van der Waals surface area contributed by atoms with Crippen LogP contribution in [0, 0.1) is 11.3 Å². The molecule has 2 heterocycles. The third-order valence-corrected chi connectivity index (χ3v) is 5.30. The molecule has 0 saturated heterocycles. The van der Waals surface area contributed by atoms with Gasteiger partial charge in [0.1, 0.15) is 16.2 Å². The molecule has 0 unspecified atom stereocenters. The van der Waals surface area contributed by atoms with Crippen molar-refractivity contribution in [2.75, 3.05) is 0 Å². The van der Waals surface area contributed by atoms with Gasteiger partial charge in [-0.25, -0.2) is 0 Å². The monoisotopic (exact) mass is 376 g/mol. The van der Waals surface area contributed by atoms with E-state index in [4.69, 9.17) is 32.9 Å². The van der Waals surface area contributed by atoms with Gasteiger partial charge in [0, 0.05) is 24.8 Å². The molecule has 0 saturated carbocycles. The normalized spacial score (nSPS) is 12.6. The maximum atomic E-state index is 12.2. The summed E-state index contributed by atoms with van der Waals surface area (Å²) in [5.74, 6) is 1.08. The second kappa shape index (κ2) is 6.70. The highest BCUT2D eigenvalue weighted by atomic mass is 35.5. The van der Waals surface area contributed by atoms with Crippen LogP contribution in [-0.2, 0) is 7.05 Å². The summed E-state index contributed by atoms with van der Waals surface area (Å²) in [6.45, 7) is 0. The quantitative estimate of drug-likeness (QED) is 0.690. The van der Waals surface area contributed by atoms with Gasteiger partial charge in [0.05, 0.1) is 20.6 Å². The fourth-order valence-electron chi connectivity index (χ4n) is 2.16. The van der Waals surface area contributed by atoms with E-state index in [1.807, 2.05) is 6.07 Å². The predicted molar refractivity (Wildman–Crippen MR) is 96.6 cm³/mol. The summed E-state index contributed by atoms with van der Waals surface area (Å²) in [4.78, 5) is 12.2. The molecule has 2 aromatic heterocycles. The second-order valence-electron chi connectivity index (χ2n) is 4.89. The van der Waals surface area contributed by atoms with Crippen molar-refractivity contribution in [3.63, 3.8) is 0 Å². The number of aromatic nitrogens is 1. The number of rotatable bonds is 2. The van der Waals surface area contributed by atoms with E-state index >= 15 is 0 Å². The maximum Gasteiger partial charge on any atom is 0.268 e. The Balaban J connectivity index is 2.09. The molecule has 0 aliphatic rings. The zero-order chi connectivity index (χ0) is 17.3. The van der Waals surface area contributed by atoms with Gasteiger partial charge < -0.3 is 8.98 Å². The summed E-state index contributed by atoms with van der Waals surface area (Å²) in [6, 6.07) is 10.7. The Hall–Kier alpha value is -2.26. The van der Waals surface area contributed by atoms with Gasteiger partial charge in [-0.1, -0.05) is 29.3 Å². The third kappa shape index (κ3) is 3.04. The van der Waals surface area contributed by atoms with Crippen molar-refractivity contribution in [3.8, 4) is 17.4 Å². The number of halogens is 2. The number of benzene rings is 1. The minimum absolute atomic E-state index is 0.180. The zero-order valence-electron chi connectivity index (χ0n) is 12.4. The van der Waals surface area contributed by atoms with Gasteiger partial charge in [-0.2, -0.15) is 5.26 Å². The van der Waals surface area contributed by atoms with Crippen LogP contribution in [0.1, 0.15) is 5.76 Å². The molecule has 0 aliphatic carbocycles. The highest BCUT2D eigenvalue weighted by Crippen LogP contribution is 2.34. The molecule has 120 valence electrons. The fourth-order valence-corrected chi connectivity index (χ4v) is 3.51. The number of thiazole rings is 1. The molecule has 0 amide bonds. The van der Waals surface area contributed by atoms with Gasteiger partial charge in [0.2, 0.25) is 0 Å². The molecule has 4 nitrogen and oxygen atoms in total. The molecule has 0 bridgehead atoms. The Morgan fingerprint density at radius 2 is 2.08 bits per heavy atom. The van der Waals surface area contributed by atoms with E-state index in [1.54, 1.807) is 43.5 Å². The van der Waals surface area contributed by atoms with Gasteiger partial charge >= 0.3 is 0 Å². The Bertz CT molecular complexity index is 1130. The van der Waals surface area contributed by atoms with Gasteiger partial charge in [-0.3, -0.25) is 4.79 Å². The van der Waals surface area contributed by atoms with Crippen molar-refractivity contribution >= 4 is 46.7 Å². The highest BCUT2D eigenvalue weighted by molar-refractivity contribution is 7.07. The average molecular weight is 377 g/mol. The largest absolute Gasteiger partial charge is 0.457 e. The topological polar surface area (TPSA) is 58.9 Å². The van der Waals surface area contributed by atoms with Gasteiger partial charge in [-0.15, -0.1) is 11.3 Å². The molecule has 0 atom stereocenters. The third-order valence-electron chi connectivity index (χ3n) is 3.37. The smallest absolute Gasteiger partial charge is 0.268 e. The van der Waals surface area contributed by atoms with E-state index in [1.165, 1.54) is 22.0 Å². The summed E-state index contributed by atoms with van der Waals surface area (Å²) in [5, 5.41) is 9.60. The standard InChI is InChI=1S/C17H10Cl2N2O2S/c1-21-15(7-8-20)24-14(17(21)22)9-10-5-6-13(23-10)11-3-2-4-12(18)16(11)19/h2-7,9H,1H3/b14-9+,15-7-. The fraction of sp³-hybridized carbons (Fsp3) is 0.0588. The highest BCUT2D eigenvalue weighted by Gasteiger charge is 2.10. The number of hydrogen-bond donors (Lipinski definition) is 0. The summed E-state index contributed by atoms with van der Waals surface area (Å²) in [5.41, 5.74) is 0.502. The van der Waals surface area contributed by atoms with Crippen molar-refractivity contribution in [1.29, 1.82) is 5.26 Å². The molecule has 3 aromatic rings. The van der Waals surface area contributed by atoms with Crippen LogP contribution >= 0.6 is 34.5 Å². The Morgan fingerprint density at radius 3 is 2.83 bits per heavy atom. The van der Waals surface area contributed by atoms with Crippen LogP contribution in [0.2, 0.25) is 10.0 Å². The molecule has 0 N–H and O–H groups in total. The minimum atomic E-state index is -0.180. The summed E-state index contributed by atoms with van der Waals surface area (Å²) < 4.78 is 8.25. The lowest BCUT2D eigenvalue weighted by Gasteiger charge is -2.01. The Morgan fingerprint density at radius 1 is 1.29 bits per heavy atom. The lowest BCUT2D eigenvalue weighted by atomic mass is 10.2. The lowest BCUT2D eigenvalue weighted by molar-refractivity contribution is 0.571. The lowest BCUT2D eigenvalue weighted by Crippen LogP contribution is -2.28. The maximum absolute atomic E-state index is 12.2. The molecule has 0 spiro atoms. The molecular formula is C17H10Cl2N2O2S. The van der Waals surface area contributed by atoms with E-state index in [-0.39, 0.29) is 5.56 Å². The van der Waals surface area contributed by atoms with Gasteiger partial charge in [0.15, 0.2) is 0 Å². The minimum Gasteiger partial charge on any atom is -0.457 e. The van der Waals surface area contributed by atoms with E-state index in [2.05, 4.69) is 0 Å². The first-order valence-corrected chi connectivity index (χ1v) is 8.40. The summed E-state index contributed by atoms with van der Waals surface area (Å²) >= 11 is 13.4. The molecule has 1 aromatic carbocycles. The average Bonchev–Trinajstić information content (AvgIpc) is 3.12. The molecule has 3 rings (SSSR count). The number of furan rings is 1. The SMILES string of the molecule is Cn1c(=O)/c(=C\c2ccc(-c3cccc(Cl)c3Cl)o2)s/c1=C\C#N. The summed E-state index contributed by atoms with van der Waals surface area (Å²) in [7, 11) is 1.62. The van der Waals surface area contributed by atoms with Crippen molar-refractivity contribution in [3.05, 3.63) is 65.7 Å². The van der Waals surface area contributed by atoms with E-state index in [0.29, 0.717) is 36.3 Å². The van der Waals surface area contributed by atoms with Crippen molar-refractivity contribution in [2.45, 2.75) is 0 Å².